The van der Waals surface area contributed by atoms with Gasteiger partial charge >= 0.3 is 6.09 Å². The van der Waals surface area contributed by atoms with Crippen molar-refractivity contribution >= 4 is 17.7 Å². The number of aryl methyl sites for hydroxylation is 1. The lowest BCUT2D eigenvalue weighted by atomic mass is 9.96. The van der Waals surface area contributed by atoms with Gasteiger partial charge in [0.25, 0.3) is 0 Å². The highest BCUT2D eigenvalue weighted by atomic mass is 35.5. The summed E-state index contributed by atoms with van der Waals surface area (Å²) in [6.07, 6.45) is 2.81. The number of hydrogen-bond acceptors (Lipinski definition) is 5. The number of H-pyrrole nitrogens is 1. The number of benzene rings is 1. The molecule has 1 N–H and O–H groups in total. The number of carbonyl (C=O) groups is 1. The first kappa shape index (κ1) is 18.4. The van der Waals surface area contributed by atoms with Crippen LogP contribution in [0.15, 0.2) is 42.6 Å². The largest absolute Gasteiger partial charge is 0.415 e. The maximum Gasteiger partial charge on any atom is 0.415 e. The molecule has 1 aliphatic rings. The summed E-state index contributed by atoms with van der Waals surface area (Å²) in [5.41, 5.74) is 1.76. The number of piperidine rings is 1. The Morgan fingerprint density at radius 1 is 1.25 bits per heavy atom. The SMILES string of the molecule is Cc1ccc(OC(=O)N2CCC(c3nc(-c4cccc(Cl)c4)n[nH]3)CC2)cn1. The predicted molar refractivity (Wildman–Crippen MR) is 105 cm³/mol. The van der Waals surface area contributed by atoms with E-state index < -0.39 is 0 Å². The second-order valence-electron chi connectivity index (χ2n) is 6.82. The topological polar surface area (TPSA) is 84.0 Å². The Kier molecular flexibility index (Phi) is 5.25. The van der Waals surface area contributed by atoms with Crippen LogP contribution in [0.25, 0.3) is 11.4 Å². The summed E-state index contributed by atoms with van der Waals surface area (Å²) in [6, 6.07) is 11.0. The van der Waals surface area contributed by atoms with Crippen LogP contribution in [0.3, 0.4) is 0 Å². The van der Waals surface area contributed by atoms with Gasteiger partial charge in [-0.05, 0) is 44.0 Å². The highest BCUT2D eigenvalue weighted by Crippen LogP contribution is 2.28. The quantitative estimate of drug-likeness (QED) is 0.715. The molecule has 28 heavy (non-hydrogen) atoms. The molecule has 1 amide bonds. The summed E-state index contributed by atoms with van der Waals surface area (Å²) in [5.74, 6) is 2.15. The number of hydrogen-bond donors (Lipinski definition) is 1. The van der Waals surface area contributed by atoms with Gasteiger partial charge in [-0.1, -0.05) is 23.7 Å². The zero-order valence-corrected chi connectivity index (χ0v) is 16.2. The van der Waals surface area contributed by atoms with E-state index in [0.717, 1.165) is 29.9 Å². The normalized spacial score (nSPS) is 14.9. The van der Waals surface area contributed by atoms with Crippen molar-refractivity contribution in [1.29, 1.82) is 0 Å². The molecular formula is C20H20ClN5O2. The molecule has 1 aromatic carbocycles. The van der Waals surface area contributed by atoms with Gasteiger partial charge in [0, 0.05) is 35.3 Å². The van der Waals surface area contributed by atoms with Crippen LogP contribution < -0.4 is 4.74 Å². The third-order valence-electron chi connectivity index (χ3n) is 4.81. The number of likely N-dealkylation sites (tertiary alicyclic amines) is 1. The molecule has 0 saturated carbocycles. The van der Waals surface area contributed by atoms with Crippen LogP contribution in [-0.4, -0.2) is 44.2 Å². The van der Waals surface area contributed by atoms with E-state index in [1.54, 1.807) is 17.2 Å². The number of nitrogens with zero attached hydrogens (tertiary/aromatic N) is 4. The van der Waals surface area contributed by atoms with E-state index in [4.69, 9.17) is 16.3 Å². The van der Waals surface area contributed by atoms with Crippen LogP contribution in [0, 0.1) is 6.92 Å². The van der Waals surface area contributed by atoms with E-state index in [0.29, 0.717) is 29.7 Å². The van der Waals surface area contributed by atoms with E-state index in [-0.39, 0.29) is 12.0 Å². The van der Waals surface area contributed by atoms with E-state index in [1.807, 2.05) is 37.3 Å². The Hall–Kier alpha value is -2.93. The molecule has 4 rings (SSSR count). The van der Waals surface area contributed by atoms with Crippen molar-refractivity contribution in [2.45, 2.75) is 25.7 Å². The monoisotopic (exact) mass is 397 g/mol. The van der Waals surface area contributed by atoms with E-state index in [2.05, 4.69) is 20.2 Å². The first-order valence-electron chi connectivity index (χ1n) is 9.16. The molecule has 2 aromatic heterocycles. The molecule has 144 valence electrons. The first-order chi connectivity index (χ1) is 13.6. The number of halogens is 1. The van der Waals surface area contributed by atoms with Crippen LogP contribution in [0.1, 0.15) is 30.3 Å². The van der Waals surface area contributed by atoms with E-state index in [1.165, 1.54) is 0 Å². The third kappa shape index (κ3) is 4.14. The van der Waals surface area contributed by atoms with Crippen LogP contribution >= 0.6 is 11.6 Å². The standard InChI is InChI=1S/C20H20ClN5O2/c1-13-5-6-17(12-22-13)28-20(27)26-9-7-14(8-10-26)18-23-19(25-24-18)15-3-2-4-16(21)11-15/h2-6,11-12,14H,7-10H2,1H3,(H,23,24,25). The van der Waals surface area contributed by atoms with Gasteiger partial charge in [0.05, 0.1) is 6.20 Å². The van der Waals surface area contributed by atoms with Crippen molar-refractivity contribution in [1.82, 2.24) is 25.1 Å². The minimum absolute atomic E-state index is 0.227. The van der Waals surface area contributed by atoms with Gasteiger partial charge in [-0.25, -0.2) is 9.78 Å². The van der Waals surface area contributed by atoms with Crippen LogP contribution in [0.5, 0.6) is 5.75 Å². The molecule has 3 heterocycles. The lowest BCUT2D eigenvalue weighted by molar-refractivity contribution is 0.138. The summed E-state index contributed by atoms with van der Waals surface area (Å²) in [6.45, 7) is 3.10. The van der Waals surface area contributed by atoms with Crippen molar-refractivity contribution in [3.63, 3.8) is 0 Å². The summed E-state index contributed by atoms with van der Waals surface area (Å²) in [4.78, 5) is 22.8. The first-order valence-corrected chi connectivity index (χ1v) is 9.54. The number of pyridine rings is 1. The summed E-state index contributed by atoms with van der Waals surface area (Å²) < 4.78 is 5.40. The molecular weight excluding hydrogens is 378 g/mol. The Morgan fingerprint density at radius 2 is 2.07 bits per heavy atom. The van der Waals surface area contributed by atoms with Gasteiger partial charge in [0.15, 0.2) is 11.6 Å². The van der Waals surface area contributed by atoms with Crippen LogP contribution in [-0.2, 0) is 0 Å². The maximum absolute atomic E-state index is 12.3. The molecule has 7 nitrogen and oxygen atoms in total. The van der Waals surface area contributed by atoms with E-state index in [9.17, 15) is 4.79 Å². The third-order valence-corrected chi connectivity index (χ3v) is 5.05. The van der Waals surface area contributed by atoms with Gasteiger partial charge < -0.3 is 9.64 Å². The lowest BCUT2D eigenvalue weighted by Gasteiger charge is -2.30. The summed E-state index contributed by atoms with van der Waals surface area (Å²) >= 11 is 6.04. The Bertz CT molecular complexity index is 965. The van der Waals surface area contributed by atoms with Crippen LogP contribution in [0.2, 0.25) is 5.02 Å². The summed E-state index contributed by atoms with van der Waals surface area (Å²) in [5, 5.41) is 8.00. The van der Waals surface area contributed by atoms with Crippen molar-refractivity contribution in [2.75, 3.05) is 13.1 Å². The molecule has 0 spiro atoms. The minimum atomic E-state index is -0.346. The predicted octanol–water partition coefficient (Wildman–Crippen LogP) is 4.21. The van der Waals surface area contributed by atoms with Crippen molar-refractivity contribution in [3.05, 3.63) is 59.1 Å². The average molecular weight is 398 g/mol. The van der Waals surface area contributed by atoms with Crippen molar-refractivity contribution in [2.24, 2.45) is 0 Å². The molecule has 0 unspecified atom stereocenters. The molecule has 3 aromatic rings. The fourth-order valence-corrected chi connectivity index (χ4v) is 3.42. The highest BCUT2D eigenvalue weighted by Gasteiger charge is 2.27. The molecule has 0 aliphatic carbocycles. The van der Waals surface area contributed by atoms with Gasteiger partial charge in [-0.15, -0.1) is 0 Å². The van der Waals surface area contributed by atoms with Crippen molar-refractivity contribution in [3.8, 4) is 17.1 Å². The zero-order chi connectivity index (χ0) is 19.5. The fourth-order valence-electron chi connectivity index (χ4n) is 3.23. The van der Waals surface area contributed by atoms with Gasteiger partial charge in [-0.3, -0.25) is 10.1 Å². The number of aromatic amines is 1. The van der Waals surface area contributed by atoms with E-state index >= 15 is 0 Å². The number of rotatable bonds is 3. The van der Waals surface area contributed by atoms with Crippen molar-refractivity contribution < 1.29 is 9.53 Å². The second kappa shape index (κ2) is 7.98. The molecule has 1 saturated heterocycles. The Balaban J connectivity index is 1.35. The Labute approximate surface area is 167 Å². The molecule has 0 bridgehead atoms. The van der Waals surface area contributed by atoms with Gasteiger partial charge in [0.1, 0.15) is 5.82 Å². The minimum Gasteiger partial charge on any atom is -0.409 e. The molecule has 1 fully saturated rings. The lowest BCUT2D eigenvalue weighted by Crippen LogP contribution is -2.39. The molecule has 1 aliphatic heterocycles. The number of nitrogens with one attached hydrogen (secondary N) is 1. The summed E-state index contributed by atoms with van der Waals surface area (Å²) in [7, 11) is 0. The smallest absolute Gasteiger partial charge is 0.409 e. The zero-order valence-electron chi connectivity index (χ0n) is 15.4. The second-order valence-corrected chi connectivity index (χ2v) is 7.26. The van der Waals surface area contributed by atoms with Crippen LogP contribution in [0.4, 0.5) is 4.79 Å². The number of aromatic nitrogens is 4. The highest BCUT2D eigenvalue weighted by molar-refractivity contribution is 6.30. The molecule has 0 atom stereocenters. The maximum atomic E-state index is 12.3. The average Bonchev–Trinajstić information content (AvgIpc) is 3.20. The van der Waals surface area contributed by atoms with Gasteiger partial charge in [-0.2, -0.15) is 5.10 Å². The van der Waals surface area contributed by atoms with Gasteiger partial charge in [0.2, 0.25) is 0 Å². The number of amides is 1. The molecule has 0 radical (unpaired) electrons. The molecule has 8 heteroatoms. The number of carbonyl (C=O) groups excluding carboxylic acids is 1. The Morgan fingerprint density at radius 3 is 2.79 bits per heavy atom. The number of ether oxygens (including phenoxy) is 1. The fraction of sp³-hybridized carbons (Fsp3) is 0.300.